The van der Waals surface area contributed by atoms with Crippen LogP contribution in [0.4, 0.5) is 5.69 Å². The molecule has 2 saturated heterocycles. The van der Waals surface area contributed by atoms with Gasteiger partial charge in [0.2, 0.25) is 17.7 Å². The van der Waals surface area contributed by atoms with Crippen molar-refractivity contribution in [2.45, 2.75) is 90.3 Å². The molecule has 6 heterocycles. The third-order valence-electron chi connectivity index (χ3n) is 11.7. The van der Waals surface area contributed by atoms with Crippen LogP contribution >= 0.6 is 0 Å². The number of piperidine rings is 1. The van der Waals surface area contributed by atoms with E-state index in [4.69, 9.17) is 9.97 Å². The van der Waals surface area contributed by atoms with Crippen molar-refractivity contribution in [2.75, 3.05) is 31.1 Å². The fourth-order valence-electron chi connectivity index (χ4n) is 8.74. The van der Waals surface area contributed by atoms with E-state index in [0.717, 1.165) is 53.6 Å². The van der Waals surface area contributed by atoms with Crippen molar-refractivity contribution < 1.29 is 24.0 Å². The molecule has 4 aromatic rings. The molecule has 3 fully saturated rings. The highest BCUT2D eigenvalue weighted by Gasteiger charge is 2.40. The van der Waals surface area contributed by atoms with Crippen LogP contribution in [0.5, 0.6) is 0 Å². The molecule has 4 amide bonds. The van der Waals surface area contributed by atoms with E-state index in [0.29, 0.717) is 74.5 Å². The van der Waals surface area contributed by atoms with Crippen LogP contribution in [0.1, 0.15) is 107 Å². The highest BCUT2D eigenvalue weighted by Crippen LogP contribution is 2.33. The molecule has 1 aliphatic carbocycles. The van der Waals surface area contributed by atoms with Crippen molar-refractivity contribution in [2.24, 2.45) is 0 Å². The number of fused-ring (bicyclic) bond motifs is 2. The number of pyridine rings is 2. The lowest BCUT2D eigenvalue weighted by molar-refractivity contribution is -0.137. The Kier molecular flexibility index (Phi) is 9.74. The summed E-state index contributed by atoms with van der Waals surface area (Å²) in [5.41, 5.74) is 5.22. The van der Waals surface area contributed by atoms with Crippen molar-refractivity contribution >= 4 is 46.1 Å². The second-order valence-electron chi connectivity index (χ2n) is 15.1. The summed E-state index contributed by atoms with van der Waals surface area (Å²) in [5, 5.41) is 3.06. The molecule has 0 spiro atoms. The van der Waals surface area contributed by atoms with Gasteiger partial charge in [-0.3, -0.25) is 43.6 Å². The number of Topliss-reactive ketones (excluding diaryl/α,β-unsaturated/α-hetero) is 1. The minimum atomic E-state index is -0.676. The van der Waals surface area contributed by atoms with Gasteiger partial charge in [0.25, 0.3) is 11.5 Å². The number of hydrogen-bond acceptors (Lipinski definition) is 10. The molecule has 284 valence electrons. The third-order valence-corrected chi connectivity index (χ3v) is 11.7. The second kappa shape index (κ2) is 14.8. The molecule has 0 bridgehead atoms. The van der Waals surface area contributed by atoms with Gasteiger partial charge in [0.15, 0.2) is 5.78 Å². The standard InChI is InChI=1S/C41H44N8O6/c1-24-31-22-43-34(44-38(31)49(28-7-3-4-8-28)41(55)37(24)25(2)50)20-27-11-12-29(21-42-27)46-16-18-47(19-17-46)36(52)15-10-26-6-5-9-30-32(26)23-48(40(30)54)33-13-14-35(51)45-39(33)53/h5-6,9,11-12,21-22,28,33H,3-4,7-8,10,13-20,23H2,1-2H3,(H,45,51,53). The number of anilines is 1. The predicted octanol–water partition coefficient (Wildman–Crippen LogP) is 3.45. The number of nitrogens with zero attached hydrogens (tertiary/aromatic N) is 7. The van der Waals surface area contributed by atoms with E-state index in [1.54, 1.807) is 28.7 Å². The zero-order valence-electron chi connectivity index (χ0n) is 31.2. The van der Waals surface area contributed by atoms with Gasteiger partial charge in [-0.25, -0.2) is 9.97 Å². The van der Waals surface area contributed by atoms with E-state index in [2.05, 4.69) is 15.2 Å². The van der Waals surface area contributed by atoms with E-state index in [1.165, 1.54) is 6.92 Å². The van der Waals surface area contributed by atoms with E-state index in [9.17, 15) is 28.8 Å². The number of imide groups is 1. The molecule has 55 heavy (non-hydrogen) atoms. The van der Waals surface area contributed by atoms with Gasteiger partial charge in [-0.15, -0.1) is 0 Å². The van der Waals surface area contributed by atoms with Crippen molar-refractivity contribution in [3.05, 3.63) is 92.4 Å². The Hall–Kier alpha value is -5.79. The van der Waals surface area contributed by atoms with Crippen LogP contribution in [0.3, 0.4) is 0 Å². The number of hydrogen-bond donors (Lipinski definition) is 1. The second-order valence-corrected chi connectivity index (χ2v) is 15.1. The Bertz CT molecular complexity index is 2290. The molecule has 3 aromatic heterocycles. The molecular weight excluding hydrogens is 701 g/mol. The number of aromatic nitrogens is 4. The van der Waals surface area contributed by atoms with E-state index >= 15 is 0 Å². The van der Waals surface area contributed by atoms with Crippen LogP contribution in [0.15, 0.2) is 47.5 Å². The van der Waals surface area contributed by atoms with Crippen LogP contribution in [0, 0.1) is 6.92 Å². The van der Waals surface area contributed by atoms with Crippen molar-refractivity contribution in [3.8, 4) is 0 Å². The number of amides is 4. The molecule has 1 N–H and O–H groups in total. The SMILES string of the molecule is CC(=O)c1c(C)c2cnc(Cc3ccc(N4CCN(C(=O)CCc5cccc6c5CN(C5CCC(=O)NC5=O)C6=O)CC4)cn3)nc2n(C2CCCC2)c1=O. The van der Waals surface area contributed by atoms with Crippen molar-refractivity contribution in [3.63, 3.8) is 0 Å². The van der Waals surface area contributed by atoms with Gasteiger partial charge >= 0.3 is 0 Å². The summed E-state index contributed by atoms with van der Waals surface area (Å²) in [6, 6.07) is 8.84. The molecule has 14 nitrogen and oxygen atoms in total. The van der Waals surface area contributed by atoms with Crippen molar-refractivity contribution in [1.82, 2.24) is 34.6 Å². The highest BCUT2D eigenvalue weighted by molar-refractivity contribution is 6.05. The number of ketones is 1. The normalized spacial score (nSPS) is 19.0. The monoisotopic (exact) mass is 744 g/mol. The largest absolute Gasteiger partial charge is 0.367 e. The molecular formula is C41H44N8O6. The molecule has 1 unspecified atom stereocenters. The Morgan fingerprint density at radius 3 is 2.42 bits per heavy atom. The lowest BCUT2D eigenvalue weighted by atomic mass is 9.99. The number of benzene rings is 1. The minimum Gasteiger partial charge on any atom is -0.367 e. The molecule has 3 aliphatic heterocycles. The lowest BCUT2D eigenvalue weighted by Gasteiger charge is -2.36. The highest BCUT2D eigenvalue weighted by atomic mass is 16.2. The summed E-state index contributed by atoms with van der Waals surface area (Å²) in [6.45, 7) is 6.00. The van der Waals surface area contributed by atoms with Crippen molar-refractivity contribution in [1.29, 1.82) is 0 Å². The molecule has 1 atom stereocenters. The van der Waals surface area contributed by atoms with Crippen LogP contribution in [-0.2, 0) is 33.8 Å². The predicted molar refractivity (Wildman–Crippen MR) is 203 cm³/mol. The summed E-state index contributed by atoms with van der Waals surface area (Å²) in [5.74, 6) is -0.613. The molecule has 8 rings (SSSR count). The first-order valence-electron chi connectivity index (χ1n) is 19.2. The zero-order valence-corrected chi connectivity index (χ0v) is 31.2. The molecule has 0 radical (unpaired) electrons. The van der Waals surface area contributed by atoms with E-state index < -0.39 is 11.9 Å². The van der Waals surface area contributed by atoms with Crippen LogP contribution in [0.2, 0.25) is 0 Å². The summed E-state index contributed by atoms with van der Waals surface area (Å²) in [7, 11) is 0. The summed E-state index contributed by atoms with van der Waals surface area (Å²) < 4.78 is 1.73. The van der Waals surface area contributed by atoms with Gasteiger partial charge in [0, 0.05) is 74.4 Å². The maximum absolute atomic E-state index is 13.6. The Balaban J connectivity index is 0.877. The van der Waals surface area contributed by atoms with Gasteiger partial charge in [0.05, 0.1) is 23.9 Å². The van der Waals surface area contributed by atoms with Gasteiger partial charge < -0.3 is 14.7 Å². The number of piperazine rings is 1. The summed E-state index contributed by atoms with van der Waals surface area (Å²) >= 11 is 0. The molecule has 4 aliphatic rings. The van der Waals surface area contributed by atoms with Crippen LogP contribution < -0.4 is 15.8 Å². The maximum atomic E-state index is 13.6. The zero-order chi connectivity index (χ0) is 38.4. The number of carbonyl (C=O) groups excluding carboxylic acids is 5. The Labute approximate surface area is 317 Å². The number of rotatable bonds is 9. The number of aryl methyl sites for hydroxylation is 2. The fourth-order valence-corrected chi connectivity index (χ4v) is 8.74. The van der Waals surface area contributed by atoms with Gasteiger partial charge in [0.1, 0.15) is 17.5 Å². The average molecular weight is 745 g/mol. The molecule has 1 saturated carbocycles. The minimum absolute atomic E-state index is 0.0149. The van der Waals surface area contributed by atoms with Gasteiger partial charge in [-0.05, 0) is 74.4 Å². The maximum Gasteiger partial charge on any atom is 0.263 e. The van der Waals surface area contributed by atoms with Crippen LogP contribution in [-0.4, -0.2) is 91.0 Å². The first-order valence-corrected chi connectivity index (χ1v) is 19.2. The van der Waals surface area contributed by atoms with Gasteiger partial charge in [-0.2, -0.15) is 0 Å². The Morgan fingerprint density at radius 2 is 1.71 bits per heavy atom. The first kappa shape index (κ1) is 36.2. The number of nitrogens with one attached hydrogen (secondary N) is 1. The van der Waals surface area contributed by atoms with E-state index in [1.807, 2.05) is 35.4 Å². The van der Waals surface area contributed by atoms with Crippen LogP contribution in [0.25, 0.3) is 11.0 Å². The fraction of sp³-hybridized carbons (Fsp3) is 0.439. The quantitative estimate of drug-likeness (QED) is 0.198. The smallest absolute Gasteiger partial charge is 0.263 e. The first-order chi connectivity index (χ1) is 26.6. The van der Waals surface area contributed by atoms with Gasteiger partial charge in [-0.1, -0.05) is 25.0 Å². The summed E-state index contributed by atoms with van der Waals surface area (Å²) in [4.78, 5) is 96.5. The lowest BCUT2D eigenvalue weighted by Crippen LogP contribution is -2.52. The average Bonchev–Trinajstić information content (AvgIpc) is 3.83. The number of carbonyl (C=O) groups is 5. The third kappa shape index (κ3) is 6.89. The summed E-state index contributed by atoms with van der Waals surface area (Å²) in [6.07, 6.45) is 9.10. The topological polar surface area (TPSA) is 168 Å². The molecule has 14 heteroatoms. The van der Waals surface area contributed by atoms with E-state index in [-0.39, 0.29) is 53.6 Å². The molecule has 1 aromatic carbocycles. The Morgan fingerprint density at radius 1 is 0.927 bits per heavy atom.